The van der Waals surface area contributed by atoms with Crippen LogP contribution in [0.5, 0.6) is 0 Å². The Balaban J connectivity index is 2.41. The lowest BCUT2D eigenvalue weighted by Gasteiger charge is -2.38. The van der Waals surface area contributed by atoms with Crippen LogP contribution in [0.3, 0.4) is 0 Å². The fourth-order valence-corrected chi connectivity index (χ4v) is 3.39. The molecule has 2 rings (SSSR count). The summed E-state index contributed by atoms with van der Waals surface area (Å²) in [6, 6.07) is 0. The summed E-state index contributed by atoms with van der Waals surface area (Å²) in [6.07, 6.45) is 7.71. The Morgan fingerprint density at radius 1 is 1.43 bits per heavy atom. The van der Waals surface area contributed by atoms with Crippen molar-refractivity contribution >= 4 is 23.2 Å². The van der Waals surface area contributed by atoms with Crippen molar-refractivity contribution in [2.45, 2.75) is 52.7 Å². The zero-order valence-corrected chi connectivity index (χ0v) is 17.6. The third kappa shape index (κ3) is 4.37. The van der Waals surface area contributed by atoms with Crippen LogP contribution in [-0.4, -0.2) is 33.5 Å². The van der Waals surface area contributed by atoms with Gasteiger partial charge in [-0.25, -0.2) is 0 Å². The smallest absolute Gasteiger partial charge is 0.206 e. The van der Waals surface area contributed by atoms with Crippen molar-refractivity contribution in [3.8, 4) is 0 Å². The van der Waals surface area contributed by atoms with E-state index < -0.39 is 23.4 Å². The fraction of sp³-hybridized carbons (Fsp3) is 0.455. The molecule has 0 amide bonds. The molecule has 1 aliphatic heterocycles. The molecule has 1 aliphatic carbocycles. The number of fused-ring (bicyclic) bond motifs is 1. The number of ether oxygens (including phenoxy) is 1. The Morgan fingerprint density at radius 3 is 2.64 bits per heavy atom. The van der Waals surface area contributed by atoms with Gasteiger partial charge in [0.05, 0.1) is 17.4 Å². The van der Waals surface area contributed by atoms with Crippen LogP contribution in [-0.2, 0) is 14.3 Å². The number of aliphatic hydroxyl groups is 2. The van der Waals surface area contributed by atoms with Crippen molar-refractivity contribution in [1.82, 2.24) is 0 Å². The van der Waals surface area contributed by atoms with Gasteiger partial charge in [-0.2, -0.15) is 0 Å². The first-order chi connectivity index (χ1) is 13.0. The Kier molecular flexibility index (Phi) is 6.86. The highest BCUT2D eigenvalue weighted by Crippen LogP contribution is 2.45. The first kappa shape index (κ1) is 22.3. The molecule has 0 saturated carbocycles. The number of aliphatic hydroxyl groups excluding tert-OH is 1. The molecule has 0 radical (unpaired) electrons. The van der Waals surface area contributed by atoms with Crippen LogP contribution in [0.4, 0.5) is 0 Å². The molecule has 28 heavy (non-hydrogen) atoms. The maximum atomic E-state index is 12.7. The summed E-state index contributed by atoms with van der Waals surface area (Å²) in [5.74, 6) is -1.16. The lowest BCUT2D eigenvalue weighted by Crippen LogP contribution is -2.48. The number of halogens is 1. The van der Waals surface area contributed by atoms with Gasteiger partial charge in [0.25, 0.3) is 0 Å². The van der Waals surface area contributed by atoms with Gasteiger partial charge >= 0.3 is 0 Å². The minimum absolute atomic E-state index is 0.0319. The van der Waals surface area contributed by atoms with Crippen LogP contribution in [0.2, 0.25) is 0 Å². The summed E-state index contributed by atoms with van der Waals surface area (Å²) in [5, 5.41) is 20.3. The molecule has 0 aromatic heterocycles. The van der Waals surface area contributed by atoms with E-state index in [2.05, 4.69) is 0 Å². The van der Waals surface area contributed by atoms with Crippen LogP contribution in [0.15, 0.2) is 58.1 Å². The highest BCUT2D eigenvalue weighted by atomic mass is 35.5. The monoisotopic (exact) mass is 406 g/mol. The van der Waals surface area contributed by atoms with Crippen molar-refractivity contribution in [1.29, 1.82) is 0 Å². The van der Waals surface area contributed by atoms with Gasteiger partial charge in [0.15, 0.2) is 5.78 Å². The largest absolute Gasteiger partial charge is 0.465 e. The lowest BCUT2D eigenvalue weighted by molar-refractivity contribution is -0.137. The van der Waals surface area contributed by atoms with E-state index in [1.165, 1.54) is 13.2 Å². The Labute approximate surface area is 170 Å². The van der Waals surface area contributed by atoms with E-state index in [0.29, 0.717) is 22.5 Å². The molecule has 0 fully saturated rings. The number of hydrogen-bond donors (Lipinski definition) is 2. The summed E-state index contributed by atoms with van der Waals surface area (Å²) in [6.45, 7) is 8.40. The Bertz CT molecular complexity index is 824. The van der Waals surface area contributed by atoms with Crippen LogP contribution in [0, 0.1) is 11.8 Å². The first-order valence-corrected chi connectivity index (χ1v) is 9.66. The van der Waals surface area contributed by atoms with Gasteiger partial charge in [-0.3, -0.25) is 9.59 Å². The third-order valence-corrected chi connectivity index (χ3v) is 5.83. The predicted molar refractivity (Wildman–Crippen MR) is 108 cm³/mol. The van der Waals surface area contributed by atoms with E-state index in [1.54, 1.807) is 45.1 Å². The van der Waals surface area contributed by atoms with E-state index in [4.69, 9.17) is 16.3 Å². The van der Waals surface area contributed by atoms with Gasteiger partial charge in [-0.1, -0.05) is 30.7 Å². The Morgan fingerprint density at radius 2 is 2.07 bits per heavy atom. The molecule has 0 bridgehead atoms. The minimum Gasteiger partial charge on any atom is -0.465 e. The molecule has 0 saturated heterocycles. The topological polar surface area (TPSA) is 83.8 Å². The van der Waals surface area contributed by atoms with Gasteiger partial charge in [0.2, 0.25) is 5.78 Å². The zero-order chi connectivity index (χ0) is 21.2. The fourth-order valence-electron chi connectivity index (χ4n) is 3.03. The molecule has 2 N–H and O–H groups in total. The second-order valence-electron chi connectivity index (χ2n) is 7.55. The maximum absolute atomic E-state index is 12.7. The van der Waals surface area contributed by atoms with E-state index in [9.17, 15) is 19.8 Å². The average Bonchev–Trinajstić information content (AvgIpc) is 2.66. The summed E-state index contributed by atoms with van der Waals surface area (Å²) < 4.78 is 5.64. The van der Waals surface area contributed by atoms with Crippen LogP contribution in [0.1, 0.15) is 41.0 Å². The predicted octanol–water partition coefficient (Wildman–Crippen LogP) is 3.73. The van der Waals surface area contributed by atoms with E-state index >= 15 is 0 Å². The van der Waals surface area contributed by atoms with Gasteiger partial charge in [0, 0.05) is 29.4 Å². The standard InChI is InChI=1S/C22H27ClO5/c1-6-12(2)19(25)10-18-17-11-28-15(8-7-13(3)14(4)24)9-16(17)20(23)21(26)22(18,5)27/h6-9,11,13-14,18,24,27H,10H2,1-5H3/b8-7+,12-6+/t13-,14+,18-,22-/m0/s1. The zero-order valence-electron chi connectivity index (χ0n) is 16.8. The lowest BCUT2D eigenvalue weighted by atomic mass is 9.70. The van der Waals surface area contributed by atoms with Gasteiger partial charge in [-0.05, 0) is 45.4 Å². The van der Waals surface area contributed by atoms with Gasteiger partial charge in [0.1, 0.15) is 11.4 Å². The van der Waals surface area contributed by atoms with Crippen molar-refractivity contribution in [2.24, 2.45) is 11.8 Å². The summed E-state index contributed by atoms with van der Waals surface area (Å²) in [4.78, 5) is 25.1. The number of hydrogen-bond acceptors (Lipinski definition) is 5. The number of rotatable bonds is 6. The molecule has 0 aromatic carbocycles. The molecule has 1 heterocycles. The SMILES string of the molecule is C/C=C(\C)C(=O)C[C@H]1C2=COC(/C=C/[C@H](C)[C@@H](C)O)=CC2=C(Cl)C(=O)[C@@]1(C)O. The summed E-state index contributed by atoms with van der Waals surface area (Å²) in [5.41, 5.74) is -0.270. The van der Waals surface area contributed by atoms with Crippen LogP contribution in [0.25, 0.3) is 0 Å². The molecule has 0 spiro atoms. The molecule has 152 valence electrons. The molecule has 6 heteroatoms. The second kappa shape index (κ2) is 8.60. The van der Waals surface area contributed by atoms with Crippen LogP contribution >= 0.6 is 11.6 Å². The molecule has 5 nitrogen and oxygen atoms in total. The van der Waals surface area contributed by atoms with Gasteiger partial charge in [-0.15, -0.1) is 0 Å². The first-order valence-electron chi connectivity index (χ1n) is 9.28. The van der Waals surface area contributed by atoms with Crippen molar-refractivity contribution in [3.05, 3.63) is 58.1 Å². The number of carbonyl (C=O) groups excluding carboxylic acids is 2. The van der Waals surface area contributed by atoms with E-state index in [1.807, 2.05) is 6.92 Å². The minimum atomic E-state index is -1.80. The van der Waals surface area contributed by atoms with E-state index in [0.717, 1.165) is 0 Å². The van der Waals surface area contributed by atoms with Crippen molar-refractivity contribution < 1.29 is 24.5 Å². The number of Topliss-reactive ketones (excluding diaryl/α,β-unsaturated/α-hetero) is 2. The van der Waals surface area contributed by atoms with Crippen molar-refractivity contribution in [3.63, 3.8) is 0 Å². The normalized spacial score (nSPS) is 27.8. The molecule has 0 aromatic rings. The molecule has 4 atom stereocenters. The average molecular weight is 407 g/mol. The summed E-state index contributed by atoms with van der Waals surface area (Å²) in [7, 11) is 0. The quantitative estimate of drug-likeness (QED) is 0.656. The van der Waals surface area contributed by atoms with E-state index in [-0.39, 0.29) is 23.2 Å². The third-order valence-electron chi connectivity index (χ3n) is 5.46. The molecule has 2 aliphatic rings. The molecular formula is C22H27ClO5. The van der Waals surface area contributed by atoms with Crippen LogP contribution < -0.4 is 0 Å². The Hall–Kier alpha value is -1.95. The number of carbonyl (C=O) groups is 2. The second-order valence-corrected chi connectivity index (χ2v) is 7.93. The van der Waals surface area contributed by atoms with Crippen molar-refractivity contribution in [2.75, 3.05) is 0 Å². The highest BCUT2D eigenvalue weighted by molar-refractivity contribution is 6.45. The van der Waals surface area contributed by atoms with Gasteiger partial charge < -0.3 is 14.9 Å². The number of allylic oxidation sites excluding steroid dienone is 5. The maximum Gasteiger partial charge on any atom is 0.206 e. The molecular weight excluding hydrogens is 380 g/mol. The molecule has 0 unspecified atom stereocenters. The number of ketones is 2. The summed E-state index contributed by atoms with van der Waals surface area (Å²) >= 11 is 6.26. The highest BCUT2D eigenvalue weighted by Gasteiger charge is 2.49.